The number of hydrogen-bond acceptors (Lipinski definition) is 6. The molecule has 0 aliphatic rings. The molecule has 0 aromatic carbocycles. The second-order valence-electron chi connectivity index (χ2n) is 3.57. The summed E-state index contributed by atoms with van der Waals surface area (Å²) in [5.41, 5.74) is 0. The van der Waals surface area contributed by atoms with Crippen LogP contribution in [0.2, 0.25) is 0 Å². The molecule has 1 heterocycles. The van der Waals surface area contributed by atoms with Gasteiger partial charge in [-0.15, -0.1) is 11.3 Å². The van der Waals surface area contributed by atoms with Crippen LogP contribution in [0.5, 0.6) is 0 Å². The molecule has 1 aromatic rings. The maximum atomic E-state index is 11.5. The first-order valence-corrected chi connectivity index (χ1v) is 7.99. The summed E-state index contributed by atoms with van der Waals surface area (Å²) in [6.07, 6.45) is 2.64. The lowest BCUT2D eigenvalue weighted by atomic mass is 10.3. The van der Waals surface area contributed by atoms with Gasteiger partial charge in [0.05, 0.1) is 17.9 Å². The van der Waals surface area contributed by atoms with E-state index < -0.39 is 16.0 Å². The van der Waals surface area contributed by atoms with Crippen LogP contribution in [0.15, 0.2) is 11.6 Å². The van der Waals surface area contributed by atoms with Crippen LogP contribution >= 0.6 is 11.3 Å². The van der Waals surface area contributed by atoms with E-state index >= 15 is 0 Å². The SMILES string of the molecule is COC(=O)CCCS(=O)(=O)NCCc1nccs1. The number of sulfonamides is 1. The quantitative estimate of drug-likeness (QED) is 0.708. The average Bonchev–Trinajstić information content (AvgIpc) is 2.81. The minimum Gasteiger partial charge on any atom is -0.469 e. The van der Waals surface area contributed by atoms with Crippen LogP contribution in [0.1, 0.15) is 17.8 Å². The molecule has 0 saturated carbocycles. The number of nitrogens with one attached hydrogen (secondary N) is 1. The van der Waals surface area contributed by atoms with E-state index in [1.807, 2.05) is 5.38 Å². The Morgan fingerprint density at radius 3 is 2.94 bits per heavy atom. The van der Waals surface area contributed by atoms with Gasteiger partial charge in [-0.1, -0.05) is 0 Å². The number of nitrogens with zero attached hydrogens (tertiary/aromatic N) is 1. The standard InChI is InChI=1S/C10H16N2O4S2/c1-16-10(13)3-2-8-18(14,15)12-5-4-9-11-6-7-17-9/h6-7,12H,2-5,8H2,1H3. The van der Waals surface area contributed by atoms with Crippen molar-refractivity contribution in [2.75, 3.05) is 19.4 Å². The van der Waals surface area contributed by atoms with Crippen molar-refractivity contribution in [2.24, 2.45) is 0 Å². The van der Waals surface area contributed by atoms with E-state index in [9.17, 15) is 13.2 Å². The summed E-state index contributed by atoms with van der Waals surface area (Å²) in [5, 5.41) is 2.74. The van der Waals surface area contributed by atoms with Crippen LogP contribution in [0.4, 0.5) is 0 Å². The lowest BCUT2D eigenvalue weighted by Gasteiger charge is -2.05. The summed E-state index contributed by atoms with van der Waals surface area (Å²) in [4.78, 5) is 14.9. The first-order valence-electron chi connectivity index (χ1n) is 5.46. The number of thiazole rings is 1. The van der Waals surface area contributed by atoms with E-state index in [4.69, 9.17) is 0 Å². The lowest BCUT2D eigenvalue weighted by molar-refractivity contribution is -0.140. The van der Waals surface area contributed by atoms with E-state index in [1.54, 1.807) is 6.20 Å². The molecule has 102 valence electrons. The molecule has 0 bridgehead atoms. The monoisotopic (exact) mass is 292 g/mol. The van der Waals surface area contributed by atoms with E-state index in [0.29, 0.717) is 13.0 Å². The Morgan fingerprint density at radius 2 is 2.33 bits per heavy atom. The van der Waals surface area contributed by atoms with Crippen molar-refractivity contribution in [3.8, 4) is 0 Å². The molecule has 0 saturated heterocycles. The molecule has 1 aromatic heterocycles. The third-order valence-corrected chi connectivity index (χ3v) is 4.48. The van der Waals surface area contributed by atoms with Crippen molar-refractivity contribution in [3.63, 3.8) is 0 Å². The fraction of sp³-hybridized carbons (Fsp3) is 0.600. The van der Waals surface area contributed by atoms with Crippen LogP contribution in [0, 0.1) is 0 Å². The largest absolute Gasteiger partial charge is 0.469 e. The number of carbonyl (C=O) groups excluding carboxylic acids is 1. The third-order valence-electron chi connectivity index (χ3n) is 2.17. The number of esters is 1. The minimum absolute atomic E-state index is 0.0695. The normalized spacial score (nSPS) is 11.4. The highest BCUT2D eigenvalue weighted by atomic mass is 32.2. The van der Waals surface area contributed by atoms with Gasteiger partial charge in [0.1, 0.15) is 0 Å². The molecule has 0 atom stereocenters. The van der Waals surface area contributed by atoms with Gasteiger partial charge in [0, 0.05) is 31.0 Å². The van der Waals surface area contributed by atoms with Crippen LogP contribution in [0.25, 0.3) is 0 Å². The molecule has 0 fully saturated rings. The number of carbonyl (C=O) groups is 1. The number of ether oxygens (including phenoxy) is 1. The van der Waals surface area contributed by atoms with Gasteiger partial charge < -0.3 is 4.74 Å². The van der Waals surface area contributed by atoms with Crippen molar-refractivity contribution in [2.45, 2.75) is 19.3 Å². The molecule has 0 aliphatic carbocycles. The molecule has 0 amide bonds. The number of aromatic nitrogens is 1. The van der Waals surface area contributed by atoms with E-state index in [0.717, 1.165) is 5.01 Å². The third kappa shape index (κ3) is 6.08. The van der Waals surface area contributed by atoms with Crippen molar-refractivity contribution in [1.82, 2.24) is 9.71 Å². The van der Waals surface area contributed by atoms with Crippen LogP contribution < -0.4 is 4.72 Å². The number of methoxy groups -OCH3 is 1. The van der Waals surface area contributed by atoms with Crippen molar-refractivity contribution in [3.05, 3.63) is 16.6 Å². The Hall–Kier alpha value is -0.990. The Bertz CT molecular complexity index is 456. The molecular formula is C10H16N2O4S2. The van der Waals surface area contributed by atoms with Gasteiger partial charge in [0.25, 0.3) is 0 Å². The maximum absolute atomic E-state index is 11.5. The van der Waals surface area contributed by atoms with Gasteiger partial charge in [-0.25, -0.2) is 18.1 Å². The summed E-state index contributed by atoms with van der Waals surface area (Å²) < 4.78 is 30.0. The Kier molecular flexibility index (Phi) is 6.23. The molecule has 18 heavy (non-hydrogen) atoms. The molecule has 8 heteroatoms. The summed E-state index contributed by atoms with van der Waals surface area (Å²) in [7, 11) is -2.04. The first kappa shape index (κ1) is 15.1. The fourth-order valence-corrected chi connectivity index (χ4v) is 2.97. The molecular weight excluding hydrogens is 276 g/mol. The lowest BCUT2D eigenvalue weighted by Crippen LogP contribution is -2.28. The van der Waals surface area contributed by atoms with Crippen molar-refractivity contribution < 1.29 is 17.9 Å². The summed E-state index contributed by atoms with van der Waals surface area (Å²) in [5.74, 6) is -0.465. The Labute approximate surface area is 110 Å². The molecule has 0 radical (unpaired) electrons. The molecule has 6 nitrogen and oxygen atoms in total. The predicted molar refractivity (Wildman–Crippen MR) is 68.9 cm³/mol. The van der Waals surface area contributed by atoms with Crippen molar-refractivity contribution >= 4 is 27.3 Å². The molecule has 0 spiro atoms. The average molecular weight is 292 g/mol. The van der Waals surface area contributed by atoms with Gasteiger partial charge in [0.2, 0.25) is 10.0 Å². The number of rotatable bonds is 8. The summed E-state index contributed by atoms with van der Waals surface area (Å²) in [6, 6.07) is 0. The zero-order valence-corrected chi connectivity index (χ0v) is 11.7. The second kappa shape index (κ2) is 7.45. The maximum Gasteiger partial charge on any atom is 0.305 e. The van der Waals surface area contributed by atoms with Crippen molar-refractivity contribution in [1.29, 1.82) is 0 Å². The van der Waals surface area contributed by atoms with E-state index in [2.05, 4.69) is 14.4 Å². The zero-order valence-electron chi connectivity index (χ0n) is 10.1. The Morgan fingerprint density at radius 1 is 1.56 bits per heavy atom. The van der Waals surface area contributed by atoms with Gasteiger partial charge in [-0.05, 0) is 6.42 Å². The van der Waals surface area contributed by atoms with Gasteiger partial charge in [-0.2, -0.15) is 0 Å². The molecule has 0 unspecified atom stereocenters. The summed E-state index contributed by atoms with van der Waals surface area (Å²) >= 11 is 1.49. The highest BCUT2D eigenvalue weighted by Crippen LogP contribution is 2.04. The van der Waals surface area contributed by atoms with Crippen LogP contribution in [-0.4, -0.2) is 38.8 Å². The van der Waals surface area contributed by atoms with Crippen LogP contribution in [0.3, 0.4) is 0 Å². The number of hydrogen-bond donors (Lipinski definition) is 1. The minimum atomic E-state index is -3.32. The smallest absolute Gasteiger partial charge is 0.305 e. The highest BCUT2D eigenvalue weighted by molar-refractivity contribution is 7.89. The fourth-order valence-electron chi connectivity index (χ4n) is 1.27. The molecule has 0 aliphatic heterocycles. The molecule has 1 rings (SSSR count). The molecule has 1 N–H and O–H groups in total. The topological polar surface area (TPSA) is 85.4 Å². The van der Waals surface area contributed by atoms with Gasteiger partial charge in [-0.3, -0.25) is 4.79 Å². The highest BCUT2D eigenvalue weighted by Gasteiger charge is 2.11. The summed E-state index contributed by atoms with van der Waals surface area (Å²) in [6.45, 7) is 0.327. The van der Waals surface area contributed by atoms with Crippen LogP contribution in [-0.2, 0) is 26.0 Å². The van der Waals surface area contributed by atoms with E-state index in [1.165, 1.54) is 18.4 Å². The predicted octanol–water partition coefficient (Wildman–Crippen LogP) is 0.558. The second-order valence-corrected chi connectivity index (χ2v) is 6.47. The van der Waals surface area contributed by atoms with Gasteiger partial charge >= 0.3 is 5.97 Å². The zero-order chi connectivity index (χ0) is 13.4. The Balaban J connectivity index is 2.21. The van der Waals surface area contributed by atoms with E-state index in [-0.39, 0.29) is 18.6 Å². The van der Waals surface area contributed by atoms with Gasteiger partial charge in [0.15, 0.2) is 0 Å². The first-order chi connectivity index (χ1) is 8.53.